The minimum absolute atomic E-state index is 0.954. The number of hydrogen-bond donors (Lipinski definition) is 1. The van der Waals surface area contributed by atoms with Gasteiger partial charge in [-0.1, -0.05) is 24.3 Å². The third-order valence-corrected chi connectivity index (χ3v) is 5.19. The van der Waals surface area contributed by atoms with Crippen molar-refractivity contribution in [3.63, 3.8) is 0 Å². The highest BCUT2D eigenvalue weighted by Gasteiger charge is 2.11. The molecule has 0 spiro atoms. The van der Waals surface area contributed by atoms with Gasteiger partial charge < -0.3 is 15.1 Å². The van der Waals surface area contributed by atoms with Crippen molar-refractivity contribution in [2.45, 2.75) is 25.8 Å². The molecule has 0 aliphatic carbocycles. The Morgan fingerprint density at radius 3 is 2.44 bits per heavy atom. The van der Waals surface area contributed by atoms with Crippen LogP contribution < -0.4 is 5.32 Å². The van der Waals surface area contributed by atoms with E-state index in [0.717, 1.165) is 39.3 Å². The van der Waals surface area contributed by atoms with Crippen LogP contribution in [0.2, 0.25) is 0 Å². The number of benzene rings is 1. The summed E-state index contributed by atoms with van der Waals surface area (Å²) in [5, 5.41) is 10.3. The maximum absolute atomic E-state index is 4.60. The van der Waals surface area contributed by atoms with Gasteiger partial charge in [0, 0.05) is 32.7 Å². The van der Waals surface area contributed by atoms with Gasteiger partial charge in [-0.25, -0.2) is 0 Å². The highest BCUT2D eigenvalue weighted by atomic mass is 15.5. The number of hydrazone groups is 1. The Labute approximate surface area is 152 Å². The number of nitrogens with one attached hydrogen (secondary N) is 1. The SMILES string of the molecule is CN1CCN(/N=C/c2ccc(CNCCCN3CCCC3)cc2)CC1. The molecule has 2 fully saturated rings. The summed E-state index contributed by atoms with van der Waals surface area (Å²) in [6, 6.07) is 8.75. The van der Waals surface area contributed by atoms with Crippen LogP contribution in [-0.4, -0.2) is 80.4 Å². The quantitative estimate of drug-likeness (QED) is 0.577. The summed E-state index contributed by atoms with van der Waals surface area (Å²) >= 11 is 0. The van der Waals surface area contributed by atoms with Crippen LogP contribution in [0.25, 0.3) is 0 Å². The van der Waals surface area contributed by atoms with Crippen LogP contribution in [0.3, 0.4) is 0 Å². The van der Waals surface area contributed by atoms with E-state index in [0.29, 0.717) is 0 Å². The zero-order valence-electron chi connectivity index (χ0n) is 15.7. The number of likely N-dealkylation sites (tertiary alicyclic amines) is 1. The van der Waals surface area contributed by atoms with E-state index < -0.39 is 0 Å². The number of nitrogens with zero attached hydrogens (tertiary/aromatic N) is 4. The van der Waals surface area contributed by atoms with Gasteiger partial charge in [0.2, 0.25) is 0 Å². The number of hydrogen-bond acceptors (Lipinski definition) is 5. The molecule has 0 amide bonds. The molecule has 5 nitrogen and oxygen atoms in total. The molecular weight excluding hydrogens is 310 g/mol. The number of piperazine rings is 1. The summed E-state index contributed by atoms with van der Waals surface area (Å²) in [6.45, 7) is 10.1. The van der Waals surface area contributed by atoms with Crippen molar-refractivity contribution in [2.24, 2.45) is 5.10 Å². The summed E-state index contributed by atoms with van der Waals surface area (Å²) < 4.78 is 0. The molecule has 0 atom stereocenters. The van der Waals surface area contributed by atoms with Crippen LogP contribution in [0.15, 0.2) is 29.4 Å². The molecule has 5 heteroatoms. The zero-order valence-corrected chi connectivity index (χ0v) is 15.7. The van der Waals surface area contributed by atoms with Gasteiger partial charge in [-0.15, -0.1) is 0 Å². The molecule has 138 valence electrons. The minimum atomic E-state index is 0.954. The summed E-state index contributed by atoms with van der Waals surface area (Å²) in [4.78, 5) is 4.93. The fourth-order valence-corrected chi connectivity index (χ4v) is 3.45. The standard InChI is InChI=1S/C20H33N5/c1-23-13-15-25(16-14-23)22-18-20-7-5-19(6-8-20)17-21-9-4-12-24-10-2-3-11-24/h5-8,18,21H,2-4,9-17H2,1H3/b22-18+. The average molecular weight is 344 g/mol. The van der Waals surface area contributed by atoms with Gasteiger partial charge in [-0.05, 0) is 63.6 Å². The monoisotopic (exact) mass is 343 g/mol. The number of rotatable bonds is 8. The normalized spacial score (nSPS) is 20.0. The second kappa shape index (κ2) is 9.90. The van der Waals surface area contributed by atoms with Crippen molar-refractivity contribution in [1.29, 1.82) is 0 Å². The first-order valence-electron chi connectivity index (χ1n) is 9.79. The molecule has 3 rings (SSSR count). The Balaban J connectivity index is 1.32. The average Bonchev–Trinajstić information content (AvgIpc) is 3.15. The summed E-state index contributed by atoms with van der Waals surface area (Å²) in [7, 11) is 2.17. The fraction of sp³-hybridized carbons (Fsp3) is 0.650. The Bertz CT molecular complexity index is 513. The highest BCUT2D eigenvalue weighted by molar-refractivity contribution is 5.79. The molecule has 0 aromatic heterocycles. The van der Waals surface area contributed by atoms with E-state index in [1.807, 2.05) is 6.21 Å². The fourth-order valence-electron chi connectivity index (χ4n) is 3.45. The van der Waals surface area contributed by atoms with E-state index >= 15 is 0 Å². The molecule has 1 aromatic rings. The summed E-state index contributed by atoms with van der Waals surface area (Å²) in [5.74, 6) is 0. The van der Waals surface area contributed by atoms with Crippen LogP contribution in [0.4, 0.5) is 0 Å². The number of likely N-dealkylation sites (N-methyl/N-ethyl adjacent to an activating group) is 1. The molecule has 2 heterocycles. The Hall–Kier alpha value is -1.43. The summed E-state index contributed by atoms with van der Waals surface area (Å²) in [6.07, 6.45) is 6.00. The predicted octanol–water partition coefficient (Wildman–Crippen LogP) is 1.84. The molecule has 2 aliphatic heterocycles. The second-order valence-corrected chi connectivity index (χ2v) is 7.32. The molecular formula is C20H33N5. The van der Waals surface area contributed by atoms with Gasteiger partial charge in [0.15, 0.2) is 0 Å². The zero-order chi connectivity index (χ0) is 17.3. The molecule has 0 unspecified atom stereocenters. The predicted molar refractivity (Wildman–Crippen MR) is 105 cm³/mol. The molecule has 1 aromatic carbocycles. The second-order valence-electron chi connectivity index (χ2n) is 7.32. The van der Waals surface area contributed by atoms with Crippen molar-refractivity contribution < 1.29 is 0 Å². The van der Waals surface area contributed by atoms with Crippen LogP contribution in [0.5, 0.6) is 0 Å². The minimum Gasteiger partial charge on any atom is -0.313 e. The molecule has 2 aliphatic rings. The molecule has 2 saturated heterocycles. The lowest BCUT2D eigenvalue weighted by Crippen LogP contribution is -2.41. The maximum atomic E-state index is 4.60. The van der Waals surface area contributed by atoms with E-state index in [4.69, 9.17) is 0 Å². The van der Waals surface area contributed by atoms with Crippen molar-refractivity contribution in [2.75, 3.05) is 59.4 Å². The van der Waals surface area contributed by atoms with E-state index in [1.165, 1.54) is 50.0 Å². The Morgan fingerprint density at radius 2 is 1.72 bits per heavy atom. The molecule has 1 N–H and O–H groups in total. The third-order valence-electron chi connectivity index (χ3n) is 5.19. The van der Waals surface area contributed by atoms with E-state index in [-0.39, 0.29) is 0 Å². The van der Waals surface area contributed by atoms with Gasteiger partial charge in [-0.2, -0.15) is 5.10 Å². The first-order chi connectivity index (χ1) is 12.3. The van der Waals surface area contributed by atoms with Gasteiger partial charge in [0.05, 0.1) is 6.21 Å². The van der Waals surface area contributed by atoms with Crippen LogP contribution in [-0.2, 0) is 6.54 Å². The van der Waals surface area contributed by atoms with Crippen molar-refractivity contribution in [3.8, 4) is 0 Å². The lowest BCUT2D eigenvalue weighted by atomic mass is 10.1. The van der Waals surface area contributed by atoms with E-state index in [1.54, 1.807) is 0 Å². The van der Waals surface area contributed by atoms with E-state index in [9.17, 15) is 0 Å². The smallest absolute Gasteiger partial charge is 0.0542 e. The van der Waals surface area contributed by atoms with Crippen molar-refractivity contribution in [1.82, 2.24) is 20.1 Å². The first-order valence-corrected chi connectivity index (χ1v) is 9.79. The Morgan fingerprint density at radius 1 is 1.00 bits per heavy atom. The van der Waals surface area contributed by atoms with Crippen molar-refractivity contribution >= 4 is 6.21 Å². The third kappa shape index (κ3) is 6.42. The lowest BCUT2D eigenvalue weighted by Gasteiger charge is -2.30. The Kier molecular flexibility index (Phi) is 7.27. The highest BCUT2D eigenvalue weighted by Crippen LogP contribution is 2.07. The van der Waals surface area contributed by atoms with Crippen LogP contribution in [0, 0.1) is 0 Å². The molecule has 0 radical (unpaired) electrons. The lowest BCUT2D eigenvalue weighted by molar-refractivity contribution is 0.159. The van der Waals surface area contributed by atoms with Crippen LogP contribution in [0.1, 0.15) is 30.4 Å². The first kappa shape index (κ1) is 18.4. The van der Waals surface area contributed by atoms with Gasteiger partial charge in [0.1, 0.15) is 0 Å². The van der Waals surface area contributed by atoms with Gasteiger partial charge in [-0.3, -0.25) is 5.01 Å². The van der Waals surface area contributed by atoms with E-state index in [2.05, 4.69) is 56.5 Å². The van der Waals surface area contributed by atoms with Crippen molar-refractivity contribution in [3.05, 3.63) is 35.4 Å². The van der Waals surface area contributed by atoms with Gasteiger partial charge in [0.25, 0.3) is 0 Å². The summed E-state index contributed by atoms with van der Waals surface area (Å²) in [5.41, 5.74) is 2.52. The molecule has 0 bridgehead atoms. The van der Waals surface area contributed by atoms with Crippen LogP contribution >= 0.6 is 0 Å². The topological polar surface area (TPSA) is 34.1 Å². The molecule has 25 heavy (non-hydrogen) atoms. The largest absolute Gasteiger partial charge is 0.313 e. The van der Waals surface area contributed by atoms with Gasteiger partial charge >= 0.3 is 0 Å². The molecule has 0 saturated carbocycles. The maximum Gasteiger partial charge on any atom is 0.0542 e.